The number of benzene rings is 3. The van der Waals surface area contributed by atoms with Crippen LogP contribution in [0.15, 0.2) is 94.1 Å². The highest BCUT2D eigenvalue weighted by Gasteiger charge is 2.32. The van der Waals surface area contributed by atoms with Crippen LogP contribution in [0.25, 0.3) is 17.4 Å². The summed E-state index contributed by atoms with van der Waals surface area (Å²) in [5.41, 5.74) is 3.98. The van der Waals surface area contributed by atoms with Gasteiger partial charge in [-0.3, -0.25) is 9.69 Å². The van der Waals surface area contributed by atoms with Crippen LogP contribution in [-0.4, -0.2) is 22.9 Å². The maximum atomic E-state index is 13.5. The van der Waals surface area contributed by atoms with Crippen LogP contribution in [0.2, 0.25) is 0 Å². The molecular formula is C28H21N3O4S. The van der Waals surface area contributed by atoms with Gasteiger partial charge in [0.15, 0.2) is 22.4 Å². The second-order valence-corrected chi connectivity index (χ2v) is 9.23. The van der Waals surface area contributed by atoms with Crippen LogP contribution in [0.1, 0.15) is 17.0 Å². The Labute approximate surface area is 212 Å². The summed E-state index contributed by atoms with van der Waals surface area (Å²) in [6, 6.07) is 23.2. The topological polar surface area (TPSA) is 77.2 Å². The predicted octanol–water partition coefficient (Wildman–Crippen LogP) is 6.06. The van der Waals surface area contributed by atoms with E-state index < -0.39 is 0 Å². The van der Waals surface area contributed by atoms with Gasteiger partial charge in [0.05, 0.1) is 17.6 Å². The Kier molecular flexibility index (Phi) is 5.79. The molecule has 0 saturated carbocycles. The smallest absolute Gasteiger partial charge is 0.283 e. The van der Waals surface area contributed by atoms with Crippen LogP contribution in [0.3, 0.4) is 0 Å². The molecule has 8 heteroatoms. The van der Waals surface area contributed by atoms with Crippen LogP contribution in [0.4, 0.5) is 5.69 Å². The van der Waals surface area contributed by atoms with Gasteiger partial charge in [-0.15, -0.1) is 0 Å². The van der Waals surface area contributed by atoms with Crippen molar-refractivity contribution < 1.29 is 18.7 Å². The molecule has 3 aromatic carbocycles. The van der Waals surface area contributed by atoms with Crippen LogP contribution < -0.4 is 14.4 Å². The molecule has 7 nitrogen and oxygen atoms in total. The maximum Gasteiger partial charge on any atom is 0.283 e. The Morgan fingerprint density at radius 1 is 1.00 bits per heavy atom. The summed E-state index contributed by atoms with van der Waals surface area (Å²) in [5, 5.41) is 0.565. The number of aromatic nitrogens is 1. The molecule has 0 spiro atoms. The summed E-state index contributed by atoms with van der Waals surface area (Å²) in [6.45, 7) is 2.21. The molecule has 0 N–H and O–H groups in total. The van der Waals surface area contributed by atoms with Gasteiger partial charge in [0, 0.05) is 5.56 Å². The molecule has 2 aliphatic rings. The number of ether oxygens (including phenoxy) is 2. The van der Waals surface area contributed by atoms with Gasteiger partial charge in [0.2, 0.25) is 12.7 Å². The lowest BCUT2D eigenvalue weighted by atomic mass is 10.1. The highest BCUT2D eigenvalue weighted by molar-refractivity contribution is 8.13. The number of fused-ring (bicyclic) bond motifs is 1. The number of rotatable bonds is 5. The van der Waals surface area contributed by atoms with E-state index in [1.165, 1.54) is 11.8 Å². The molecule has 0 bridgehead atoms. The first-order valence-electron chi connectivity index (χ1n) is 11.4. The van der Waals surface area contributed by atoms with E-state index in [4.69, 9.17) is 18.9 Å². The number of thioether (sulfide) groups is 1. The average Bonchev–Trinajstić information content (AvgIpc) is 3.63. The molecule has 36 heavy (non-hydrogen) atoms. The van der Waals surface area contributed by atoms with Gasteiger partial charge in [-0.05, 0) is 42.8 Å². The van der Waals surface area contributed by atoms with Crippen molar-refractivity contribution in [2.24, 2.45) is 4.99 Å². The summed E-state index contributed by atoms with van der Waals surface area (Å²) in [6.07, 6.45) is 3.48. The van der Waals surface area contributed by atoms with E-state index in [0.717, 1.165) is 22.4 Å². The van der Waals surface area contributed by atoms with Crippen molar-refractivity contribution in [1.82, 2.24) is 4.98 Å². The molecule has 3 heterocycles. The number of oxazole rings is 1. The molecular weight excluding hydrogens is 474 g/mol. The predicted molar refractivity (Wildman–Crippen MR) is 140 cm³/mol. The molecule has 1 aromatic heterocycles. The Morgan fingerprint density at radius 3 is 2.64 bits per heavy atom. The van der Waals surface area contributed by atoms with Crippen molar-refractivity contribution in [2.75, 3.05) is 11.7 Å². The number of hydrogen-bond donors (Lipinski definition) is 0. The molecule has 0 atom stereocenters. The Bertz CT molecular complexity index is 1490. The Balaban J connectivity index is 1.28. The lowest BCUT2D eigenvalue weighted by Crippen LogP contribution is -2.30. The maximum absolute atomic E-state index is 13.5. The molecule has 0 saturated heterocycles. The fourth-order valence-corrected chi connectivity index (χ4v) is 4.78. The van der Waals surface area contributed by atoms with Gasteiger partial charge in [0.25, 0.3) is 5.91 Å². The number of nitrogens with zero attached hydrogens (tertiary/aromatic N) is 3. The zero-order valence-corrected chi connectivity index (χ0v) is 20.2. The van der Waals surface area contributed by atoms with Crippen LogP contribution >= 0.6 is 11.8 Å². The van der Waals surface area contributed by atoms with Crippen molar-refractivity contribution in [3.63, 3.8) is 0 Å². The van der Waals surface area contributed by atoms with E-state index in [2.05, 4.69) is 4.98 Å². The summed E-state index contributed by atoms with van der Waals surface area (Å²) >= 11 is 1.40. The number of aliphatic imine (C=N–C) groups is 1. The minimum atomic E-state index is -0.198. The minimum Gasteiger partial charge on any atom is -0.454 e. The first kappa shape index (κ1) is 22.2. The fourth-order valence-electron chi connectivity index (χ4n) is 3.91. The van der Waals surface area contributed by atoms with Crippen molar-refractivity contribution in [3.05, 3.63) is 102 Å². The van der Waals surface area contributed by atoms with Crippen LogP contribution in [-0.2, 0) is 10.5 Å². The largest absolute Gasteiger partial charge is 0.454 e. The van der Waals surface area contributed by atoms with Gasteiger partial charge in [-0.25, -0.2) is 9.98 Å². The minimum absolute atomic E-state index is 0.196. The summed E-state index contributed by atoms with van der Waals surface area (Å²) in [7, 11) is 0. The summed E-state index contributed by atoms with van der Waals surface area (Å²) in [4.78, 5) is 24.2. The fraction of sp³-hybridized carbons (Fsp3) is 0.107. The SMILES string of the molecule is Cc1ccc(N2C(=O)C(=Cc3ccc4c(c3)OCO4)N=C2SCc2ncc(-c3ccccc3)o2)cc1. The number of carbonyl (C=O) groups excluding carboxylic acids is 1. The van der Waals surface area contributed by atoms with E-state index >= 15 is 0 Å². The molecule has 0 radical (unpaired) electrons. The van der Waals surface area contributed by atoms with Crippen LogP contribution in [0, 0.1) is 6.92 Å². The van der Waals surface area contributed by atoms with E-state index in [9.17, 15) is 4.79 Å². The van der Waals surface area contributed by atoms with Gasteiger partial charge in [-0.2, -0.15) is 0 Å². The normalized spacial score (nSPS) is 15.6. The van der Waals surface area contributed by atoms with Crippen molar-refractivity contribution in [1.29, 1.82) is 0 Å². The Hall–Kier alpha value is -4.30. The lowest BCUT2D eigenvalue weighted by Gasteiger charge is -2.17. The second-order valence-electron chi connectivity index (χ2n) is 8.29. The van der Waals surface area contributed by atoms with E-state index in [0.29, 0.717) is 39.8 Å². The molecule has 0 aliphatic carbocycles. The number of hydrogen-bond acceptors (Lipinski definition) is 7. The van der Waals surface area contributed by atoms with E-state index in [1.807, 2.05) is 79.7 Å². The van der Waals surface area contributed by atoms with E-state index in [1.54, 1.807) is 17.2 Å². The molecule has 1 amide bonds. The average molecular weight is 496 g/mol. The van der Waals surface area contributed by atoms with Gasteiger partial charge in [-0.1, -0.05) is 65.9 Å². The summed E-state index contributed by atoms with van der Waals surface area (Å²) in [5.74, 6) is 2.84. The summed E-state index contributed by atoms with van der Waals surface area (Å²) < 4.78 is 16.8. The third-order valence-electron chi connectivity index (χ3n) is 5.76. The zero-order chi connectivity index (χ0) is 24.5. The second kappa shape index (κ2) is 9.39. The quantitative estimate of drug-likeness (QED) is 0.314. The highest BCUT2D eigenvalue weighted by Crippen LogP contribution is 2.35. The number of amidine groups is 1. The molecule has 2 aliphatic heterocycles. The van der Waals surface area contributed by atoms with Crippen molar-refractivity contribution in [2.45, 2.75) is 12.7 Å². The third kappa shape index (κ3) is 4.38. The molecule has 178 valence electrons. The van der Waals surface area contributed by atoms with Gasteiger partial charge in [0.1, 0.15) is 5.70 Å². The zero-order valence-electron chi connectivity index (χ0n) is 19.4. The van der Waals surface area contributed by atoms with E-state index in [-0.39, 0.29) is 12.7 Å². The number of aryl methyl sites for hydroxylation is 1. The Morgan fingerprint density at radius 2 is 1.81 bits per heavy atom. The number of amides is 1. The lowest BCUT2D eigenvalue weighted by molar-refractivity contribution is -0.113. The highest BCUT2D eigenvalue weighted by atomic mass is 32.2. The monoisotopic (exact) mass is 495 g/mol. The van der Waals surface area contributed by atoms with Crippen LogP contribution in [0.5, 0.6) is 11.5 Å². The third-order valence-corrected chi connectivity index (χ3v) is 6.68. The molecule has 0 fully saturated rings. The number of carbonyl (C=O) groups is 1. The van der Waals surface area contributed by atoms with Crippen molar-refractivity contribution in [3.8, 4) is 22.8 Å². The molecule has 6 rings (SSSR count). The first-order valence-corrected chi connectivity index (χ1v) is 12.4. The number of anilines is 1. The molecule has 0 unspecified atom stereocenters. The van der Waals surface area contributed by atoms with Gasteiger partial charge >= 0.3 is 0 Å². The first-order chi connectivity index (χ1) is 17.6. The van der Waals surface area contributed by atoms with Crippen molar-refractivity contribution >= 4 is 34.6 Å². The van der Waals surface area contributed by atoms with Gasteiger partial charge < -0.3 is 13.9 Å². The molecule has 4 aromatic rings. The standard InChI is InChI=1S/C28H21N3O4S/c1-18-7-10-21(11-8-18)31-27(32)22(13-19-9-12-23-24(14-19)34-17-33-23)30-28(31)36-16-26-29-15-25(35-26)20-5-3-2-4-6-20/h2-15H,16-17H2,1H3.